The predicted octanol–water partition coefficient (Wildman–Crippen LogP) is 2.46. The first kappa shape index (κ1) is 12.6. The van der Waals surface area contributed by atoms with Gasteiger partial charge in [0.2, 0.25) is 0 Å². The highest BCUT2D eigenvalue weighted by molar-refractivity contribution is 5.19. The second kappa shape index (κ2) is 5.65. The average molecular weight is 232 g/mol. The number of hydrogen-bond acceptors (Lipinski definition) is 2. The van der Waals surface area contributed by atoms with Crippen LogP contribution >= 0.6 is 0 Å². The first-order chi connectivity index (χ1) is 8.16. The lowest BCUT2D eigenvalue weighted by Gasteiger charge is -2.36. The summed E-state index contributed by atoms with van der Waals surface area (Å²) in [7, 11) is 0. The number of benzene rings is 1. The third kappa shape index (κ3) is 3.30. The Balaban J connectivity index is 1.89. The molecule has 1 heterocycles. The van der Waals surface area contributed by atoms with E-state index in [0.717, 1.165) is 13.1 Å². The molecule has 1 aromatic carbocycles. The van der Waals surface area contributed by atoms with E-state index in [1.54, 1.807) is 0 Å². The van der Waals surface area contributed by atoms with E-state index in [-0.39, 0.29) is 0 Å². The fraction of sp³-hybridized carbons (Fsp3) is 0.600. The Kier molecular flexibility index (Phi) is 4.19. The van der Waals surface area contributed by atoms with Crippen molar-refractivity contribution in [3.63, 3.8) is 0 Å². The molecule has 3 unspecified atom stereocenters. The summed E-state index contributed by atoms with van der Waals surface area (Å²) in [5.74, 6) is 1.27. The number of piperidine rings is 1. The van der Waals surface area contributed by atoms with Crippen molar-refractivity contribution in [1.82, 2.24) is 4.90 Å². The molecule has 1 aromatic rings. The smallest absolute Gasteiger partial charge is 0.0194 e. The molecular formula is C15H24N2. The molecule has 2 N–H and O–H groups in total. The zero-order chi connectivity index (χ0) is 12.3. The van der Waals surface area contributed by atoms with Crippen molar-refractivity contribution in [1.29, 1.82) is 0 Å². The lowest BCUT2D eigenvalue weighted by Crippen LogP contribution is -2.48. The van der Waals surface area contributed by atoms with Gasteiger partial charge in [-0.05, 0) is 30.4 Å². The summed E-state index contributed by atoms with van der Waals surface area (Å²) < 4.78 is 0. The highest BCUT2D eigenvalue weighted by Crippen LogP contribution is 2.20. The van der Waals surface area contributed by atoms with Crippen molar-refractivity contribution in [2.24, 2.45) is 11.7 Å². The first-order valence-corrected chi connectivity index (χ1v) is 6.69. The molecule has 0 radical (unpaired) electrons. The molecular weight excluding hydrogens is 208 g/mol. The van der Waals surface area contributed by atoms with Crippen LogP contribution in [0.4, 0.5) is 0 Å². The third-order valence-corrected chi connectivity index (χ3v) is 4.00. The van der Waals surface area contributed by atoms with Crippen LogP contribution in [0.2, 0.25) is 0 Å². The van der Waals surface area contributed by atoms with Gasteiger partial charge < -0.3 is 10.6 Å². The zero-order valence-electron chi connectivity index (χ0n) is 11.0. The van der Waals surface area contributed by atoms with Crippen LogP contribution in [0.1, 0.15) is 31.7 Å². The third-order valence-electron chi connectivity index (χ3n) is 4.00. The van der Waals surface area contributed by atoms with Gasteiger partial charge in [0.05, 0.1) is 0 Å². The maximum atomic E-state index is 6.14. The molecule has 3 atom stereocenters. The minimum atomic E-state index is 0.353. The maximum absolute atomic E-state index is 6.14. The molecule has 1 aliphatic rings. The Labute approximate surface area is 105 Å². The van der Waals surface area contributed by atoms with Gasteiger partial charge in [-0.15, -0.1) is 0 Å². The summed E-state index contributed by atoms with van der Waals surface area (Å²) in [6.07, 6.45) is 1.24. The Morgan fingerprint density at radius 2 is 2.06 bits per heavy atom. The normalized spacial score (nSPS) is 27.9. The molecule has 17 heavy (non-hydrogen) atoms. The van der Waals surface area contributed by atoms with Gasteiger partial charge in [-0.3, -0.25) is 0 Å². The van der Waals surface area contributed by atoms with E-state index >= 15 is 0 Å². The monoisotopic (exact) mass is 232 g/mol. The standard InChI is InChI=1S/C15H24N2/c1-12-8-9-17(11-15(12)16)10-13(2)14-6-4-3-5-7-14/h3-7,12-13,15H,8-11,16H2,1-2H3. The number of nitrogens with two attached hydrogens (primary N) is 1. The van der Waals surface area contributed by atoms with Crippen LogP contribution in [0.3, 0.4) is 0 Å². The van der Waals surface area contributed by atoms with Gasteiger partial charge in [0, 0.05) is 19.1 Å². The molecule has 2 nitrogen and oxygen atoms in total. The molecule has 0 aromatic heterocycles. The number of nitrogens with zero attached hydrogens (tertiary/aromatic N) is 1. The minimum Gasteiger partial charge on any atom is -0.326 e. The SMILES string of the molecule is CC(CN1CCC(C)C(N)C1)c1ccccc1. The molecule has 0 saturated carbocycles. The molecule has 0 aliphatic carbocycles. The number of rotatable bonds is 3. The second-order valence-corrected chi connectivity index (χ2v) is 5.50. The second-order valence-electron chi connectivity index (χ2n) is 5.50. The summed E-state index contributed by atoms with van der Waals surface area (Å²) >= 11 is 0. The summed E-state index contributed by atoms with van der Waals surface area (Å²) in [4.78, 5) is 2.52. The Morgan fingerprint density at radius 1 is 1.35 bits per heavy atom. The molecule has 0 spiro atoms. The predicted molar refractivity (Wildman–Crippen MR) is 73.1 cm³/mol. The summed E-state index contributed by atoms with van der Waals surface area (Å²) in [6.45, 7) is 7.95. The Bertz CT molecular complexity index is 336. The van der Waals surface area contributed by atoms with Gasteiger partial charge in [-0.1, -0.05) is 44.2 Å². The van der Waals surface area contributed by atoms with Gasteiger partial charge >= 0.3 is 0 Å². The lowest BCUT2D eigenvalue weighted by atomic mass is 9.92. The van der Waals surface area contributed by atoms with Gasteiger partial charge in [0.1, 0.15) is 0 Å². The van der Waals surface area contributed by atoms with Crippen LogP contribution in [0, 0.1) is 5.92 Å². The van der Waals surface area contributed by atoms with Crippen LogP contribution < -0.4 is 5.73 Å². The van der Waals surface area contributed by atoms with Gasteiger partial charge in [0.15, 0.2) is 0 Å². The van der Waals surface area contributed by atoms with Crippen LogP contribution in [-0.2, 0) is 0 Å². The summed E-state index contributed by atoms with van der Waals surface area (Å²) in [6, 6.07) is 11.1. The largest absolute Gasteiger partial charge is 0.326 e. The molecule has 1 fully saturated rings. The Hall–Kier alpha value is -0.860. The van der Waals surface area contributed by atoms with Crippen LogP contribution in [0.25, 0.3) is 0 Å². The van der Waals surface area contributed by atoms with Crippen molar-refractivity contribution < 1.29 is 0 Å². The molecule has 2 rings (SSSR count). The van der Waals surface area contributed by atoms with Crippen molar-refractivity contribution >= 4 is 0 Å². The summed E-state index contributed by atoms with van der Waals surface area (Å²) in [5.41, 5.74) is 7.57. The van der Waals surface area contributed by atoms with Crippen molar-refractivity contribution in [3.8, 4) is 0 Å². The van der Waals surface area contributed by atoms with E-state index in [2.05, 4.69) is 49.1 Å². The van der Waals surface area contributed by atoms with Crippen molar-refractivity contribution in [2.75, 3.05) is 19.6 Å². The molecule has 1 aliphatic heterocycles. The molecule has 2 heteroatoms. The van der Waals surface area contributed by atoms with Gasteiger partial charge in [-0.25, -0.2) is 0 Å². The molecule has 0 amide bonds. The molecule has 94 valence electrons. The van der Waals surface area contributed by atoms with Crippen LogP contribution in [0.15, 0.2) is 30.3 Å². The fourth-order valence-electron chi connectivity index (χ4n) is 2.61. The minimum absolute atomic E-state index is 0.353. The molecule has 0 bridgehead atoms. The molecule has 1 saturated heterocycles. The number of likely N-dealkylation sites (tertiary alicyclic amines) is 1. The quantitative estimate of drug-likeness (QED) is 0.867. The van der Waals surface area contributed by atoms with Crippen LogP contribution in [-0.4, -0.2) is 30.6 Å². The van der Waals surface area contributed by atoms with E-state index in [1.165, 1.54) is 18.5 Å². The van der Waals surface area contributed by atoms with Crippen molar-refractivity contribution in [3.05, 3.63) is 35.9 Å². The zero-order valence-corrected chi connectivity index (χ0v) is 11.0. The van der Waals surface area contributed by atoms with Crippen LogP contribution in [0.5, 0.6) is 0 Å². The van der Waals surface area contributed by atoms with E-state index in [1.807, 2.05) is 0 Å². The highest BCUT2D eigenvalue weighted by atomic mass is 15.1. The maximum Gasteiger partial charge on any atom is 0.0194 e. The van der Waals surface area contributed by atoms with E-state index < -0.39 is 0 Å². The topological polar surface area (TPSA) is 29.3 Å². The summed E-state index contributed by atoms with van der Waals surface area (Å²) in [5, 5.41) is 0. The highest BCUT2D eigenvalue weighted by Gasteiger charge is 2.24. The van der Waals surface area contributed by atoms with Crippen molar-refractivity contribution in [2.45, 2.75) is 32.2 Å². The fourth-order valence-corrected chi connectivity index (χ4v) is 2.61. The van der Waals surface area contributed by atoms with E-state index in [0.29, 0.717) is 17.9 Å². The van der Waals surface area contributed by atoms with E-state index in [9.17, 15) is 0 Å². The Morgan fingerprint density at radius 3 is 2.71 bits per heavy atom. The lowest BCUT2D eigenvalue weighted by molar-refractivity contribution is 0.162. The van der Waals surface area contributed by atoms with Gasteiger partial charge in [-0.2, -0.15) is 0 Å². The van der Waals surface area contributed by atoms with E-state index in [4.69, 9.17) is 5.73 Å². The number of hydrogen-bond donors (Lipinski definition) is 1. The average Bonchev–Trinajstić information content (AvgIpc) is 2.35. The van der Waals surface area contributed by atoms with Gasteiger partial charge in [0.25, 0.3) is 0 Å². The first-order valence-electron chi connectivity index (χ1n) is 6.69.